The summed E-state index contributed by atoms with van der Waals surface area (Å²) in [5, 5.41) is 16.5. The Labute approximate surface area is 209 Å². The molecule has 3 N–H and O–H groups in total. The second-order valence-electron chi connectivity index (χ2n) is 8.99. The van der Waals surface area contributed by atoms with Crippen LogP contribution in [0, 0.1) is 5.82 Å². The Morgan fingerprint density at radius 2 is 1.78 bits per heavy atom. The van der Waals surface area contributed by atoms with Crippen molar-refractivity contribution in [3.63, 3.8) is 0 Å². The summed E-state index contributed by atoms with van der Waals surface area (Å²) in [7, 11) is 0. The Hall–Kier alpha value is -3.12. The number of nitrogens with zero attached hydrogens (tertiary/aromatic N) is 2. The summed E-state index contributed by atoms with van der Waals surface area (Å²) in [5.41, 5.74) is -2.01. The minimum atomic E-state index is -2.76. The number of hydrogen-bond acceptors (Lipinski definition) is 7. The molecule has 1 aromatic carbocycles. The first-order chi connectivity index (χ1) is 17.1. The number of carbonyl (C=O) groups is 2. The molecule has 1 unspecified atom stereocenters. The van der Waals surface area contributed by atoms with Crippen LogP contribution < -0.4 is 20.1 Å². The molecule has 13 heteroatoms. The van der Waals surface area contributed by atoms with Gasteiger partial charge in [0.2, 0.25) is 5.88 Å². The SMILES string of the molecule is O=C(COc1ccc(Cl)c(F)c1)NC12CCC(NC(=O)COc3cnc(C(F)F)cn3)(CC1)C(O)C2. The van der Waals surface area contributed by atoms with E-state index in [2.05, 4.69) is 20.6 Å². The number of carbonyl (C=O) groups excluding carboxylic acids is 2. The largest absolute Gasteiger partial charge is 0.484 e. The third-order valence-electron chi connectivity index (χ3n) is 6.60. The molecule has 1 heterocycles. The number of aliphatic hydroxyl groups is 1. The average Bonchev–Trinajstić information content (AvgIpc) is 2.85. The highest BCUT2D eigenvalue weighted by atomic mass is 35.5. The number of amides is 2. The van der Waals surface area contributed by atoms with E-state index < -0.39 is 53.5 Å². The molecule has 3 aliphatic rings. The van der Waals surface area contributed by atoms with Gasteiger partial charge in [0.15, 0.2) is 13.2 Å². The van der Waals surface area contributed by atoms with Crippen LogP contribution in [-0.4, -0.2) is 57.3 Å². The Bertz CT molecular complexity index is 1110. The maximum absolute atomic E-state index is 13.5. The third-order valence-corrected chi connectivity index (χ3v) is 6.90. The van der Waals surface area contributed by atoms with Gasteiger partial charge in [-0.3, -0.25) is 9.59 Å². The fourth-order valence-corrected chi connectivity index (χ4v) is 4.79. The van der Waals surface area contributed by atoms with Gasteiger partial charge in [-0.2, -0.15) is 0 Å². The number of halogens is 4. The van der Waals surface area contributed by atoms with E-state index in [1.165, 1.54) is 12.1 Å². The number of alkyl halides is 2. The third kappa shape index (κ3) is 5.81. The van der Waals surface area contributed by atoms with Gasteiger partial charge in [0.1, 0.15) is 17.3 Å². The van der Waals surface area contributed by atoms with E-state index in [0.29, 0.717) is 25.7 Å². The van der Waals surface area contributed by atoms with Crippen molar-refractivity contribution in [2.75, 3.05) is 13.2 Å². The quantitative estimate of drug-likeness (QED) is 0.457. The molecule has 1 aromatic heterocycles. The van der Waals surface area contributed by atoms with Crippen molar-refractivity contribution in [1.29, 1.82) is 0 Å². The summed E-state index contributed by atoms with van der Waals surface area (Å²) >= 11 is 5.64. The van der Waals surface area contributed by atoms with Crippen molar-refractivity contribution in [1.82, 2.24) is 20.6 Å². The van der Waals surface area contributed by atoms with Crippen LogP contribution in [0.2, 0.25) is 5.02 Å². The van der Waals surface area contributed by atoms with Gasteiger partial charge in [-0.15, -0.1) is 0 Å². The fourth-order valence-electron chi connectivity index (χ4n) is 4.68. The van der Waals surface area contributed by atoms with Crippen LogP contribution in [0.1, 0.15) is 44.2 Å². The summed E-state index contributed by atoms with van der Waals surface area (Å²) in [4.78, 5) is 32.2. The first-order valence-corrected chi connectivity index (χ1v) is 11.6. The molecule has 0 radical (unpaired) electrons. The smallest absolute Gasteiger partial charge is 0.281 e. The van der Waals surface area contributed by atoms with Gasteiger partial charge in [0, 0.05) is 11.6 Å². The number of nitrogens with one attached hydrogen (secondary N) is 2. The van der Waals surface area contributed by atoms with E-state index >= 15 is 0 Å². The second-order valence-corrected chi connectivity index (χ2v) is 9.39. The molecule has 2 aromatic rings. The lowest BCUT2D eigenvalue weighted by molar-refractivity contribution is -0.137. The van der Waals surface area contributed by atoms with Crippen molar-refractivity contribution in [2.24, 2.45) is 0 Å². The molecule has 3 aliphatic carbocycles. The molecule has 5 rings (SSSR count). The van der Waals surface area contributed by atoms with Crippen molar-refractivity contribution in [3.05, 3.63) is 47.1 Å². The Balaban J connectivity index is 1.26. The molecule has 3 saturated carbocycles. The second kappa shape index (κ2) is 10.5. The average molecular weight is 529 g/mol. The number of aliphatic hydroxyl groups excluding tert-OH is 1. The molecule has 2 amide bonds. The zero-order valence-corrected chi connectivity index (χ0v) is 19.7. The molecule has 2 bridgehead atoms. The predicted molar refractivity (Wildman–Crippen MR) is 120 cm³/mol. The van der Waals surface area contributed by atoms with Gasteiger partial charge in [-0.05, 0) is 44.2 Å². The zero-order chi connectivity index (χ0) is 25.9. The first kappa shape index (κ1) is 26.0. The van der Waals surface area contributed by atoms with Crippen molar-refractivity contribution < 1.29 is 37.3 Å². The molecule has 0 spiro atoms. The van der Waals surface area contributed by atoms with Gasteiger partial charge in [-0.1, -0.05) is 11.6 Å². The van der Waals surface area contributed by atoms with Crippen molar-refractivity contribution >= 4 is 23.4 Å². The number of aromatic nitrogens is 2. The minimum absolute atomic E-state index is 0.0524. The Morgan fingerprint density at radius 3 is 2.39 bits per heavy atom. The van der Waals surface area contributed by atoms with E-state index in [9.17, 15) is 27.9 Å². The van der Waals surface area contributed by atoms with Crippen LogP contribution in [0.3, 0.4) is 0 Å². The molecule has 3 fully saturated rings. The molecule has 1 atom stereocenters. The normalized spacial score (nSPS) is 24.9. The van der Waals surface area contributed by atoms with Crippen LogP contribution in [0.5, 0.6) is 11.6 Å². The highest BCUT2D eigenvalue weighted by molar-refractivity contribution is 6.30. The number of rotatable bonds is 9. The number of hydrogen-bond donors (Lipinski definition) is 3. The van der Waals surface area contributed by atoms with Crippen LogP contribution >= 0.6 is 11.6 Å². The fraction of sp³-hybridized carbons (Fsp3) is 0.478. The van der Waals surface area contributed by atoms with E-state index in [4.69, 9.17) is 21.1 Å². The topological polar surface area (TPSA) is 123 Å². The molecule has 36 heavy (non-hydrogen) atoms. The Morgan fingerprint density at radius 1 is 1.08 bits per heavy atom. The molecular formula is C23H24ClF3N4O5. The lowest BCUT2D eigenvalue weighted by Gasteiger charge is -2.56. The van der Waals surface area contributed by atoms with Gasteiger partial charge in [0.25, 0.3) is 18.2 Å². The predicted octanol–water partition coefficient (Wildman–Crippen LogP) is 2.71. The minimum Gasteiger partial charge on any atom is -0.484 e. The number of ether oxygens (including phenoxy) is 2. The maximum Gasteiger partial charge on any atom is 0.281 e. The van der Waals surface area contributed by atoms with Crippen LogP contribution in [-0.2, 0) is 9.59 Å². The molecular weight excluding hydrogens is 505 g/mol. The summed E-state index contributed by atoms with van der Waals surface area (Å²) in [6, 6.07) is 3.87. The molecule has 194 valence electrons. The lowest BCUT2D eigenvalue weighted by Crippen LogP contribution is -2.70. The standard InChI is InChI=1S/C23H24ClF3N4O5/c24-14-2-1-13(7-15(14)25)35-11-18(33)30-22-3-5-23(6-4-22,17(32)8-22)31-19(34)12-36-20-10-28-16(9-29-20)21(26)27/h1-2,7,9-10,17,21,32H,3-6,8,11-12H2,(H,30,33)(H,31,34). The van der Waals surface area contributed by atoms with Crippen molar-refractivity contribution in [3.8, 4) is 11.6 Å². The number of fused-ring (bicyclic) bond motifs is 3. The first-order valence-electron chi connectivity index (χ1n) is 11.2. The van der Waals surface area contributed by atoms with Gasteiger partial charge in [0.05, 0.1) is 29.1 Å². The zero-order valence-electron chi connectivity index (χ0n) is 19.0. The summed E-state index contributed by atoms with van der Waals surface area (Å²) < 4.78 is 49.2. The van der Waals surface area contributed by atoms with Gasteiger partial charge in [-0.25, -0.2) is 23.1 Å². The highest BCUT2D eigenvalue weighted by Gasteiger charge is 2.55. The van der Waals surface area contributed by atoms with Crippen LogP contribution in [0.15, 0.2) is 30.6 Å². The number of benzene rings is 1. The van der Waals surface area contributed by atoms with Gasteiger partial charge < -0.3 is 25.2 Å². The highest BCUT2D eigenvalue weighted by Crippen LogP contribution is 2.47. The summed E-state index contributed by atoms with van der Waals surface area (Å²) in [6.45, 7) is -0.763. The van der Waals surface area contributed by atoms with E-state index in [1.807, 2.05) is 0 Å². The van der Waals surface area contributed by atoms with Crippen LogP contribution in [0.4, 0.5) is 13.2 Å². The van der Waals surface area contributed by atoms with Crippen molar-refractivity contribution in [2.45, 2.75) is 55.7 Å². The van der Waals surface area contributed by atoms with Gasteiger partial charge >= 0.3 is 0 Å². The lowest BCUT2D eigenvalue weighted by atomic mass is 9.60. The van der Waals surface area contributed by atoms with E-state index in [0.717, 1.165) is 18.5 Å². The van der Waals surface area contributed by atoms with E-state index in [1.54, 1.807) is 0 Å². The van der Waals surface area contributed by atoms with E-state index in [-0.39, 0.29) is 29.7 Å². The molecule has 0 saturated heterocycles. The Kier molecular flexibility index (Phi) is 7.55. The monoisotopic (exact) mass is 528 g/mol. The summed E-state index contributed by atoms with van der Waals surface area (Å²) in [5.74, 6) is -1.49. The molecule has 0 aliphatic heterocycles. The molecule has 9 nitrogen and oxygen atoms in total. The summed E-state index contributed by atoms with van der Waals surface area (Å²) in [6.07, 6.45) is 0.323. The van der Waals surface area contributed by atoms with Crippen LogP contribution in [0.25, 0.3) is 0 Å². The maximum atomic E-state index is 13.5.